The standard InChI is InChI=1S/C7H13NS/c1-3-8-6-2-4-9-7(1)5-6/h6-8H,1-5H2. The van der Waals surface area contributed by atoms with E-state index in [1.807, 2.05) is 0 Å². The van der Waals surface area contributed by atoms with E-state index in [2.05, 4.69) is 17.1 Å². The van der Waals surface area contributed by atoms with Crippen LogP contribution in [0.2, 0.25) is 0 Å². The molecule has 0 radical (unpaired) electrons. The summed E-state index contributed by atoms with van der Waals surface area (Å²) in [5.74, 6) is 1.39. The number of fused-ring (bicyclic) bond motifs is 2. The highest BCUT2D eigenvalue weighted by Gasteiger charge is 2.25. The molecule has 0 aromatic rings. The van der Waals surface area contributed by atoms with Crippen molar-refractivity contribution >= 4 is 11.8 Å². The van der Waals surface area contributed by atoms with E-state index in [0.29, 0.717) is 0 Å². The van der Waals surface area contributed by atoms with Crippen LogP contribution in [0.25, 0.3) is 0 Å². The van der Waals surface area contributed by atoms with Crippen LogP contribution in [0.5, 0.6) is 0 Å². The van der Waals surface area contributed by atoms with Gasteiger partial charge in [-0.15, -0.1) is 0 Å². The van der Waals surface area contributed by atoms with Crippen LogP contribution < -0.4 is 5.32 Å². The second-order valence-electron chi connectivity index (χ2n) is 2.96. The maximum atomic E-state index is 3.54. The average molecular weight is 143 g/mol. The van der Waals surface area contributed by atoms with Crippen LogP contribution in [0, 0.1) is 0 Å². The molecule has 2 saturated heterocycles. The third-order valence-electron chi connectivity index (χ3n) is 2.27. The molecule has 2 aliphatic rings. The highest BCUT2D eigenvalue weighted by Crippen LogP contribution is 2.30. The lowest BCUT2D eigenvalue weighted by atomic mass is 10.0. The summed E-state index contributed by atoms with van der Waals surface area (Å²) in [6, 6.07) is 0.880. The van der Waals surface area contributed by atoms with Gasteiger partial charge in [-0.1, -0.05) is 0 Å². The van der Waals surface area contributed by atoms with E-state index in [4.69, 9.17) is 0 Å². The second kappa shape index (κ2) is 2.51. The molecule has 52 valence electrons. The Bertz CT molecular complexity index is 85.1. The minimum Gasteiger partial charge on any atom is -0.314 e. The Labute approximate surface area is 60.6 Å². The van der Waals surface area contributed by atoms with Gasteiger partial charge in [0.2, 0.25) is 0 Å². The Kier molecular flexibility index (Phi) is 1.68. The minimum atomic E-state index is 0.880. The van der Waals surface area contributed by atoms with Gasteiger partial charge in [-0.25, -0.2) is 0 Å². The van der Waals surface area contributed by atoms with E-state index in [1.165, 1.54) is 31.6 Å². The van der Waals surface area contributed by atoms with Crippen molar-refractivity contribution in [2.75, 3.05) is 12.3 Å². The van der Waals surface area contributed by atoms with Crippen LogP contribution >= 0.6 is 11.8 Å². The van der Waals surface area contributed by atoms with E-state index in [1.54, 1.807) is 0 Å². The van der Waals surface area contributed by atoms with Crippen molar-refractivity contribution in [3.8, 4) is 0 Å². The Morgan fingerprint density at radius 3 is 3.11 bits per heavy atom. The molecule has 2 heterocycles. The molecule has 2 bridgehead atoms. The van der Waals surface area contributed by atoms with Gasteiger partial charge in [-0.05, 0) is 31.6 Å². The molecule has 1 N–H and O–H groups in total. The van der Waals surface area contributed by atoms with Crippen LogP contribution in [0.4, 0.5) is 0 Å². The largest absolute Gasteiger partial charge is 0.314 e. The molecule has 2 atom stereocenters. The number of piperidine rings is 1. The van der Waals surface area contributed by atoms with Crippen molar-refractivity contribution < 1.29 is 0 Å². The van der Waals surface area contributed by atoms with Gasteiger partial charge >= 0.3 is 0 Å². The van der Waals surface area contributed by atoms with Gasteiger partial charge < -0.3 is 5.32 Å². The molecule has 2 unspecified atom stereocenters. The zero-order chi connectivity index (χ0) is 6.10. The Hall–Kier alpha value is 0.310. The highest BCUT2D eigenvalue weighted by atomic mass is 32.2. The van der Waals surface area contributed by atoms with Gasteiger partial charge in [-0.3, -0.25) is 0 Å². The average Bonchev–Trinajstić information content (AvgIpc) is 1.88. The Balaban J connectivity index is 1.96. The van der Waals surface area contributed by atoms with Crippen LogP contribution in [0.3, 0.4) is 0 Å². The highest BCUT2D eigenvalue weighted by molar-refractivity contribution is 7.99. The number of rotatable bonds is 0. The lowest BCUT2D eigenvalue weighted by Gasteiger charge is -2.34. The monoisotopic (exact) mass is 143 g/mol. The third kappa shape index (κ3) is 1.24. The third-order valence-corrected chi connectivity index (χ3v) is 3.64. The van der Waals surface area contributed by atoms with Gasteiger partial charge in [0.05, 0.1) is 0 Å². The van der Waals surface area contributed by atoms with Gasteiger partial charge in [-0.2, -0.15) is 11.8 Å². The van der Waals surface area contributed by atoms with E-state index >= 15 is 0 Å². The summed E-state index contributed by atoms with van der Waals surface area (Å²) in [5, 5.41) is 4.54. The first kappa shape index (κ1) is 6.05. The lowest BCUT2D eigenvalue weighted by molar-refractivity contribution is 0.391. The minimum absolute atomic E-state index is 0.880. The summed E-state index contributed by atoms with van der Waals surface area (Å²) >= 11 is 2.18. The van der Waals surface area contributed by atoms with Crippen LogP contribution in [-0.2, 0) is 0 Å². The molecule has 0 amide bonds. The summed E-state index contributed by atoms with van der Waals surface area (Å²) in [6.07, 6.45) is 4.24. The fraction of sp³-hybridized carbons (Fsp3) is 1.00. The maximum Gasteiger partial charge on any atom is 0.00854 e. The normalized spacial score (nSPS) is 42.7. The Morgan fingerprint density at radius 2 is 2.33 bits per heavy atom. The predicted octanol–water partition coefficient (Wildman–Crippen LogP) is 1.24. The number of hydrogen-bond donors (Lipinski definition) is 1. The number of nitrogens with one attached hydrogen (secondary N) is 1. The van der Waals surface area contributed by atoms with E-state index in [-0.39, 0.29) is 0 Å². The maximum absolute atomic E-state index is 3.54. The zero-order valence-electron chi connectivity index (χ0n) is 5.60. The quantitative estimate of drug-likeness (QED) is 0.547. The molecule has 0 saturated carbocycles. The molecule has 0 aromatic carbocycles. The molecule has 2 aliphatic heterocycles. The van der Waals surface area contributed by atoms with Crippen molar-refractivity contribution in [3.05, 3.63) is 0 Å². The van der Waals surface area contributed by atoms with Crippen molar-refractivity contribution in [2.45, 2.75) is 30.6 Å². The van der Waals surface area contributed by atoms with E-state index < -0.39 is 0 Å². The molecular formula is C7H13NS. The fourth-order valence-corrected chi connectivity index (χ4v) is 3.12. The smallest absolute Gasteiger partial charge is 0.00854 e. The number of hydrogen-bond acceptors (Lipinski definition) is 2. The molecule has 1 nitrogen and oxygen atoms in total. The number of thioether (sulfide) groups is 1. The first-order valence-electron chi connectivity index (χ1n) is 3.80. The molecule has 2 rings (SSSR count). The van der Waals surface area contributed by atoms with Crippen molar-refractivity contribution in [1.82, 2.24) is 5.32 Å². The Morgan fingerprint density at radius 1 is 1.33 bits per heavy atom. The molecule has 0 spiro atoms. The van der Waals surface area contributed by atoms with E-state index in [0.717, 1.165) is 11.3 Å². The summed E-state index contributed by atoms with van der Waals surface area (Å²) in [6.45, 7) is 1.27. The van der Waals surface area contributed by atoms with Crippen molar-refractivity contribution in [2.24, 2.45) is 0 Å². The molecule has 0 aromatic heterocycles. The zero-order valence-corrected chi connectivity index (χ0v) is 6.41. The fourth-order valence-electron chi connectivity index (χ4n) is 1.72. The summed E-state index contributed by atoms with van der Waals surface area (Å²) in [4.78, 5) is 0. The second-order valence-corrected chi connectivity index (χ2v) is 4.37. The van der Waals surface area contributed by atoms with Gasteiger partial charge in [0, 0.05) is 11.3 Å². The van der Waals surface area contributed by atoms with Crippen LogP contribution in [0.1, 0.15) is 19.3 Å². The summed E-state index contributed by atoms with van der Waals surface area (Å²) < 4.78 is 0. The molecule has 0 aliphatic carbocycles. The topological polar surface area (TPSA) is 12.0 Å². The summed E-state index contributed by atoms with van der Waals surface area (Å²) in [7, 11) is 0. The lowest BCUT2D eigenvalue weighted by Crippen LogP contribution is -2.42. The SMILES string of the molecule is C1CC2CC(CCS2)N1. The molecule has 2 fully saturated rings. The molecule has 9 heavy (non-hydrogen) atoms. The molecular weight excluding hydrogens is 130 g/mol. The van der Waals surface area contributed by atoms with E-state index in [9.17, 15) is 0 Å². The van der Waals surface area contributed by atoms with Crippen molar-refractivity contribution in [1.29, 1.82) is 0 Å². The van der Waals surface area contributed by atoms with Crippen molar-refractivity contribution in [3.63, 3.8) is 0 Å². The summed E-state index contributed by atoms with van der Waals surface area (Å²) in [5.41, 5.74) is 0. The van der Waals surface area contributed by atoms with Crippen LogP contribution in [0.15, 0.2) is 0 Å². The molecule has 2 heteroatoms. The predicted molar refractivity (Wildman–Crippen MR) is 41.9 cm³/mol. The first-order valence-corrected chi connectivity index (χ1v) is 4.85. The van der Waals surface area contributed by atoms with Gasteiger partial charge in [0.1, 0.15) is 0 Å². The van der Waals surface area contributed by atoms with Crippen LogP contribution in [-0.4, -0.2) is 23.6 Å². The van der Waals surface area contributed by atoms with Gasteiger partial charge in [0.15, 0.2) is 0 Å². The van der Waals surface area contributed by atoms with Gasteiger partial charge in [0.25, 0.3) is 0 Å². The first-order chi connectivity index (χ1) is 4.45.